The van der Waals surface area contributed by atoms with Crippen LogP contribution in [-0.4, -0.2) is 17.9 Å². The quantitative estimate of drug-likeness (QED) is 0.854. The molecule has 1 atom stereocenters. The van der Waals surface area contributed by atoms with Gasteiger partial charge in [0.25, 0.3) is 5.91 Å². The summed E-state index contributed by atoms with van der Waals surface area (Å²) in [6, 6.07) is 8.69. The van der Waals surface area contributed by atoms with Crippen LogP contribution in [0.25, 0.3) is 6.08 Å². The van der Waals surface area contributed by atoms with E-state index in [2.05, 4.69) is 10.6 Å². The van der Waals surface area contributed by atoms with E-state index in [1.165, 1.54) is 6.08 Å². The summed E-state index contributed by atoms with van der Waals surface area (Å²) < 4.78 is 10.8. The predicted molar refractivity (Wildman–Crippen MR) is 86.3 cm³/mol. The molecule has 2 heterocycles. The molecular weight excluding hydrogens is 296 g/mol. The molecule has 2 N–H and O–H groups in total. The van der Waals surface area contributed by atoms with Crippen LogP contribution in [0.4, 0.5) is 11.4 Å². The molecule has 0 bridgehead atoms. The summed E-state index contributed by atoms with van der Waals surface area (Å²) in [6.45, 7) is 3.51. The number of furan rings is 1. The number of amides is 2. The zero-order valence-corrected chi connectivity index (χ0v) is 12.8. The molecule has 3 rings (SSSR count). The summed E-state index contributed by atoms with van der Waals surface area (Å²) in [7, 11) is 0. The van der Waals surface area contributed by atoms with E-state index >= 15 is 0 Å². The Morgan fingerprint density at radius 2 is 2.13 bits per heavy atom. The van der Waals surface area contributed by atoms with Crippen molar-refractivity contribution >= 4 is 29.3 Å². The van der Waals surface area contributed by atoms with Gasteiger partial charge in [-0.15, -0.1) is 0 Å². The van der Waals surface area contributed by atoms with Crippen molar-refractivity contribution in [2.75, 3.05) is 10.6 Å². The molecule has 1 aromatic carbocycles. The first-order chi connectivity index (χ1) is 11.0. The lowest BCUT2D eigenvalue weighted by molar-refractivity contribution is -0.122. The SMILES string of the molecule is Cc1ccc(C=CC(=O)Nc2ccc3c(c2)NC(=O)C(C)O3)o1. The van der Waals surface area contributed by atoms with E-state index in [4.69, 9.17) is 9.15 Å². The van der Waals surface area contributed by atoms with Crippen molar-refractivity contribution in [2.24, 2.45) is 0 Å². The molecule has 6 nitrogen and oxygen atoms in total. The number of carbonyl (C=O) groups is 2. The first kappa shape index (κ1) is 14.9. The second-order valence-corrected chi connectivity index (χ2v) is 5.23. The Morgan fingerprint density at radius 3 is 2.87 bits per heavy atom. The highest BCUT2D eigenvalue weighted by atomic mass is 16.5. The van der Waals surface area contributed by atoms with Crippen LogP contribution in [0.15, 0.2) is 40.8 Å². The zero-order valence-electron chi connectivity index (χ0n) is 12.8. The first-order valence-corrected chi connectivity index (χ1v) is 7.18. The van der Waals surface area contributed by atoms with Crippen LogP contribution in [0.3, 0.4) is 0 Å². The second kappa shape index (κ2) is 6.00. The Bertz CT molecular complexity index is 792. The van der Waals surface area contributed by atoms with Crippen molar-refractivity contribution in [2.45, 2.75) is 20.0 Å². The minimum Gasteiger partial charge on any atom is -0.479 e. The maximum atomic E-state index is 11.9. The third-order valence-corrected chi connectivity index (χ3v) is 3.34. The molecule has 0 spiro atoms. The monoisotopic (exact) mass is 312 g/mol. The van der Waals surface area contributed by atoms with E-state index in [0.29, 0.717) is 22.9 Å². The van der Waals surface area contributed by atoms with Gasteiger partial charge in [-0.1, -0.05) is 0 Å². The van der Waals surface area contributed by atoms with Crippen LogP contribution < -0.4 is 15.4 Å². The van der Waals surface area contributed by atoms with Crippen LogP contribution in [-0.2, 0) is 9.59 Å². The lowest BCUT2D eigenvalue weighted by Gasteiger charge is -2.23. The van der Waals surface area contributed by atoms with E-state index < -0.39 is 6.10 Å². The standard InChI is InChI=1S/C17H16N2O4/c1-10-3-5-13(22-10)6-8-16(20)18-12-4-7-15-14(9-12)19-17(21)11(2)23-15/h3-9,11H,1-2H3,(H,18,20)(H,19,21). The summed E-state index contributed by atoms with van der Waals surface area (Å²) in [5.74, 6) is 1.46. The second-order valence-electron chi connectivity index (χ2n) is 5.23. The highest BCUT2D eigenvalue weighted by Gasteiger charge is 2.23. The van der Waals surface area contributed by atoms with Crippen molar-refractivity contribution in [3.8, 4) is 5.75 Å². The molecule has 6 heteroatoms. The number of anilines is 2. The predicted octanol–water partition coefficient (Wildman–Crippen LogP) is 2.96. The zero-order chi connectivity index (χ0) is 16.4. The molecule has 0 saturated carbocycles. The summed E-state index contributed by atoms with van der Waals surface area (Å²) in [5, 5.41) is 5.46. The largest absolute Gasteiger partial charge is 0.479 e. The maximum Gasteiger partial charge on any atom is 0.265 e. The summed E-state index contributed by atoms with van der Waals surface area (Å²) in [4.78, 5) is 23.5. The number of hydrogen-bond donors (Lipinski definition) is 2. The Morgan fingerprint density at radius 1 is 1.30 bits per heavy atom. The van der Waals surface area contributed by atoms with Gasteiger partial charge in [-0.05, 0) is 50.3 Å². The molecule has 1 unspecified atom stereocenters. The number of aryl methyl sites for hydroxylation is 1. The fraction of sp³-hybridized carbons (Fsp3) is 0.176. The molecule has 1 aliphatic rings. The van der Waals surface area contributed by atoms with Gasteiger partial charge in [0.2, 0.25) is 5.91 Å². The number of benzene rings is 1. The molecule has 118 valence electrons. The topological polar surface area (TPSA) is 80.6 Å². The van der Waals surface area contributed by atoms with Gasteiger partial charge in [0.1, 0.15) is 17.3 Å². The highest BCUT2D eigenvalue weighted by Crippen LogP contribution is 2.32. The number of rotatable bonds is 3. The van der Waals surface area contributed by atoms with Crippen molar-refractivity contribution < 1.29 is 18.7 Å². The molecule has 0 aliphatic carbocycles. The fourth-order valence-electron chi connectivity index (χ4n) is 2.17. The van der Waals surface area contributed by atoms with Gasteiger partial charge in [-0.25, -0.2) is 0 Å². The normalized spacial score (nSPS) is 16.6. The van der Waals surface area contributed by atoms with Gasteiger partial charge in [0.05, 0.1) is 5.69 Å². The lowest BCUT2D eigenvalue weighted by atomic mass is 10.2. The van der Waals surface area contributed by atoms with Crippen molar-refractivity contribution in [3.05, 3.63) is 47.9 Å². The molecular formula is C17H16N2O4. The molecule has 1 aliphatic heterocycles. The number of fused-ring (bicyclic) bond motifs is 1. The first-order valence-electron chi connectivity index (χ1n) is 7.18. The van der Waals surface area contributed by atoms with Crippen molar-refractivity contribution in [3.63, 3.8) is 0 Å². The smallest absolute Gasteiger partial charge is 0.265 e. The molecule has 0 radical (unpaired) electrons. The minimum atomic E-state index is -0.525. The molecule has 23 heavy (non-hydrogen) atoms. The molecule has 0 fully saturated rings. The Hall–Kier alpha value is -3.02. The average Bonchev–Trinajstić information content (AvgIpc) is 2.92. The lowest BCUT2D eigenvalue weighted by Crippen LogP contribution is -2.34. The molecule has 0 saturated heterocycles. The van der Waals surface area contributed by atoms with E-state index in [1.807, 2.05) is 13.0 Å². The van der Waals surface area contributed by atoms with E-state index in [1.54, 1.807) is 37.3 Å². The summed E-state index contributed by atoms with van der Waals surface area (Å²) in [6.07, 6.45) is 2.45. The van der Waals surface area contributed by atoms with E-state index in [-0.39, 0.29) is 11.8 Å². The third-order valence-electron chi connectivity index (χ3n) is 3.34. The van der Waals surface area contributed by atoms with Crippen LogP contribution in [0, 0.1) is 6.92 Å². The van der Waals surface area contributed by atoms with E-state index in [9.17, 15) is 9.59 Å². The van der Waals surface area contributed by atoms with Crippen LogP contribution in [0.5, 0.6) is 5.75 Å². The van der Waals surface area contributed by atoms with Gasteiger partial charge >= 0.3 is 0 Å². The van der Waals surface area contributed by atoms with Gasteiger partial charge in [0, 0.05) is 11.8 Å². The Balaban J connectivity index is 1.68. The minimum absolute atomic E-state index is 0.214. The van der Waals surface area contributed by atoms with Crippen LogP contribution in [0.1, 0.15) is 18.4 Å². The molecule has 2 aromatic rings. The van der Waals surface area contributed by atoms with Gasteiger partial charge in [-0.3, -0.25) is 9.59 Å². The van der Waals surface area contributed by atoms with Gasteiger partial charge < -0.3 is 19.8 Å². The Labute approximate surface area is 133 Å². The number of nitrogens with one attached hydrogen (secondary N) is 2. The number of carbonyl (C=O) groups excluding carboxylic acids is 2. The van der Waals surface area contributed by atoms with E-state index in [0.717, 1.165) is 5.76 Å². The molecule has 2 amide bonds. The van der Waals surface area contributed by atoms with Crippen LogP contribution in [0.2, 0.25) is 0 Å². The van der Waals surface area contributed by atoms with Gasteiger partial charge in [-0.2, -0.15) is 0 Å². The maximum absolute atomic E-state index is 11.9. The van der Waals surface area contributed by atoms with Gasteiger partial charge in [0.15, 0.2) is 6.10 Å². The third kappa shape index (κ3) is 3.42. The molecule has 1 aromatic heterocycles. The van der Waals surface area contributed by atoms with Crippen LogP contribution >= 0.6 is 0 Å². The van der Waals surface area contributed by atoms with Crippen molar-refractivity contribution in [1.29, 1.82) is 0 Å². The summed E-state index contributed by atoms with van der Waals surface area (Å²) in [5.41, 5.74) is 1.10. The summed E-state index contributed by atoms with van der Waals surface area (Å²) >= 11 is 0. The fourth-order valence-corrected chi connectivity index (χ4v) is 2.17. The Kier molecular flexibility index (Phi) is 3.89. The highest BCUT2D eigenvalue weighted by molar-refractivity contribution is 6.03. The average molecular weight is 312 g/mol. The number of ether oxygens (including phenoxy) is 1. The number of hydrogen-bond acceptors (Lipinski definition) is 4. The van der Waals surface area contributed by atoms with Crippen molar-refractivity contribution in [1.82, 2.24) is 0 Å².